The number of likely N-dealkylation sites (N-methyl/N-ethyl adjacent to an activating group) is 1. The van der Waals surface area contributed by atoms with Gasteiger partial charge in [-0.05, 0) is 39.9 Å². The predicted molar refractivity (Wildman–Crippen MR) is 100 cm³/mol. The number of hydrogen-bond acceptors (Lipinski definition) is 4. The van der Waals surface area contributed by atoms with Gasteiger partial charge < -0.3 is 9.80 Å². The first-order chi connectivity index (χ1) is 12.1. The molecular weight excluding hydrogens is 338 g/mol. The molecule has 1 aromatic rings. The molecule has 2 unspecified atom stereocenters. The fraction of sp³-hybridized carbons (Fsp3) is 0.778. The van der Waals surface area contributed by atoms with Crippen molar-refractivity contribution in [2.45, 2.75) is 58.3 Å². The normalized spacial score (nSPS) is 26.7. The van der Waals surface area contributed by atoms with Crippen LogP contribution in [-0.4, -0.2) is 76.2 Å². The molecule has 2 atom stereocenters. The number of fused-ring (bicyclic) bond motifs is 2. The maximum Gasteiger partial charge on any atom is 0.276 e. The number of aromatic nitrogens is 2. The van der Waals surface area contributed by atoms with Crippen LogP contribution in [-0.2, 0) is 13.1 Å². The third-order valence-electron chi connectivity index (χ3n) is 5.59. The molecule has 25 heavy (non-hydrogen) atoms. The molecule has 0 aliphatic carbocycles. The minimum atomic E-state index is 0.00905. The van der Waals surface area contributed by atoms with E-state index < -0.39 is 0 Å². The summed E-state index contributed by atoms with van der Waals surface area (Å²) in [5.74, 6) is 0.00905. The summed E-state index contributed by atoms with van der Waals surface area (Å²) in [7, 11) is 4.23. The van der Waals surface area contributed by atoms with Gasteiger partial charge in [0.05, 0.1) is 10.7 Å². The highest BCUT2D eigenvalue weighted by atomic mass is 35.5. The monoisotopic (exact) mass is 367 g/mol. The second-order valence-corrected chi connectivity index (χ2v) is 7.52. The summed E-state index contributed by atoms with van der Waals surface area (Å²) in [5, 5.41) is 5.11. The van der Waals surface area contributed by atoms with Crippen LogP contribution in [0.3, 0.4) is 0 Å². The lowest BCUT2D eigenvalue weighted by Crippen LogP contribution is -2.69. The number of halogens is 1. The van der Waals surface area contributed by atoms with Gasteiger partial charge in [-0.1, -0.05) is 25.4 Å². The second-order valence-electron chi connectivity index (χ2n) is 7.14. The molecule has 4 heterocycles. The number of nitrogens with zero attached hydrogens (tertiary/aromatic N) is 5. The largest absolute Gasteiger partial charge is 0.331 e. The van der Waals surface area contributed by atoms with Gasteiger partial charge in [-0.3, -0.25) is 14.4 Å². The highest BCUT2D eigenvalue weighted by Crippen LogP contribution is 2.33. The van der Waals surface area contributed by atoms with E-state index in [1.54, 1.807) is 0 Å². The third-order valence-corrected chi connectivity index (χ3v) is 5.99. The van der Waals surface area contributed by atoms with E-state index in [1.165, 1.54) is 0 Å². The lowest BCUT2D eigenvalue weighted by molar-refractivity contribution is -0.0314. The summed E-state index contributed by atoms with van der Waals surface area (Å²) in [5.41, 5.74) is 1.43. The van der Waals surface area contributed by atoms with Gasteiger partial charge in [-0.2, -0.15) is 5.10 Å². The SMILES string of the molecule is CC.CN1CCCn2nc(C(=O)N3CC4C3CCCN4C)c(Cl)c2C1. The average molecular weight is 368 g/mol. The van der Waals surface area contributed by atoms with Crippen molar-refractivity contribution >= 4 is 17.5 Å². The summed E-state index contributed by atoms with van der Waals surface area (Å²) in [6.07, 6.45) is 3.28. The Kier molecular flexibility index (Phi) is 5.71. The third kappa shape index (κ3) is 3.32. The second kappa shape index (κ2) is 7.64. The summed E-state index contributed by atoms with van der Waals surface area (Å²) in [6, 6.07) is 0.847. The molecule has 0 aromatic carbocycles. The smallest absolute Gasteiger partial charge is 0.276 e. The lowest BCUT2D eigenvalue weighted by atomic mass is 9.87. The molecule has 0 N–H and O–H groups in total. The first kappa shape index (κ1) is 18.7. The number of carbonyl (C=O) groups excluding carboxylic acids is 1. The van der Waals surface area contributed by atoms with Gasteiger partial charge >= 0.3 is 0 Å². The summed E-state index contributed by atoms with van der Waals surface area (Å²) < 4.78 is 1.93. The minimum Gasteiger partial charge on any atom is -0.331 e. The lowest BCUT2D eigenvalue weighted by Gasteiger charge is -2.54. The highest BCUT2D eigenvalue weighted by Gasteiger charge is 2.46. The van der Waals surface area contributed by atoms with Crippen molar-refractivity contribution in [2.75, 3.05) is 33.7 Å². The molecule has 1 aromatic heterocycles. The van der Waals surface area contributed by atoms with Crippen molar-refractivity contribution < 1.29 is 4.79 Å². The van der Waals surface area contributed by atoms with Crippen LogP contribution in [0.1, 0.15) is 49.3 Å². The number of carbonyl (C=O) groups is 1. The molecule has 0 saturated carbocycles. The zero-order valence-corrected chi connectivity index (χ0v) is 16.6. The van der Waals surface area contributed by atoms with Crippen LogP contribution in [0, 0.1) is 0 Å². The maximum atomic E-state index is 12.9. The molecular formula is C18H30ClN5O. The highest BCUT2D eigenvalue weighted by molar-refractivity contribution is 6.34. The van der Waals surface area contributed by atoms with Crippen LogP contribution in [0.4, 0.5) is 0 Å². The van der Waals surface area contributed by atoms with Crippen molar-refractivity contribution in [3.05, 3.63) is 16.4 Å². The molecule has 0 spiro atoms. The Morgan fingerprint density at radius 2 is 1.88 bits per heavy atom. The topological polar surface area (TPSA) is 44.6 Å². The average Bonchev–Trinajstić information content (AvgIpc) is 2.76. The van der Waals surface area contributed by atoms with E-state index in [0.717, 1.165) is 57.7 Å². The Morgan fingerprint density at radius 1 is 1.12 bits per heavy atom. The van der Waals surface area contributed by atoms with Gasteiger partial charge in [-0.25, -0.2) is 0 Å². The number of rotatable bonds is 1. The zero-order chi connectivity index (χ0) is 18.1. The molecule has 4 rings (SSSR count). The molecule has 140 valence electrons. The molecule has 3 aliphatic rings. The number of aryl methyl sites for hydroxylation is 1. The first-order valence-corrected chi connectivity index (χ1v) is 9.89. The van der Waals surface area contributed by atoms with Crippen molar-refractivity contribution in [3.63, 3.8) is 0 Å². The standard InChI is InChI=1S/C16H24ClN5O.C2H6/c1-19-6-4-8-22-13(9-19)14(17)15(18-22)16(23)21-10-12-11(21)5-3-7-20(12)2;1-2/h11-12H,3-10H2,1-2H3;1-2H3. The van der Waals surface area contributed by atoms with Crippen molar-refractivity contribution in [1.82, 2.24) is 24.5 Å². The van der Waals surface area contributed by atoms with Gasteiger partial charge in [0.25, 0.3) is 5.91 Å². The number of amides is 1. The van der Waals surface area contributed by atoms with Crippen LogP contribution >= 0.6 is 11.6 Å². The fourth-order valence-corrected chi connectivity index (χ4v) is 4.44. The van der Waals surface area contributed by atoms with E-state index in [4.69, 9.17) is 11.6 Å². The summed E-state index contributed by atoms with van der Waals surface area (Å²) in [4.78, 5) is 19.5. The van der Waals surface area contributed by atoms with Gasteiger partial charge in [0.2, 0.25) is 0 Å². The van der Waals surface area contributed by atoms with E-state index in [1.807, 2.05) is 23.4 Å². The molecule has 6 nitrogen and oxygen atoms in total. The Bertz CT molecular complexity index is 631. The molecule has 7 heteroatoms. The van der Waals surface area contributed by atoms with E-state index >= 15 is 0 Å². The van der Waals surface area contributed by atoms with Crippen LogP contribution in [0.5, 0.6) is 0 Å². The van der Waals surface area contributed by atoms with Gasteiger partial charge in [-0.15, -0.1) is 0 Å². The molecule has 2 fully saturated rings. The Labute approximate surface area is 155 Å². The van der Waals surface area contributed by atoms with Crippen LogP contribution in [0.15, 0.2) is 0 Å². The Hall–Kier alpha value is -1.11. The van der Waals surface area contributed by atoms with Crippen LogP contribution in [0.2, 0.25) is 5.02 Å². The number of piperidine rings is 1. The first-order valence-electron chi connectivity index (χ1n) is 9.51. The minimum absolute atomic E-state index is 0.00905. The molecule has 1 amide bonds. The van der Waals surface area contributed by atoms with E-state index in [-0.39, 0.29) is 5.91 Å². The zero-order valence-electron chi connectivity index (χ0n) is 15.8. The molecule has 3 aliphatic heterocycles. The van der Waals surface area contributed by atoms with Gasteiger partial charge in [0, 0.05) is 38.3 Å². The Balaban J connectivity index is 0.000000880. The number of likely N-dealkylation sites (tertiary alicyclic amines) is 2. The fourth-order valence-electron chi connectivity index (χ4n) is 4.17. The van der Waals surface area contributed by atoms with Gasteiger partial charge in [0.1, 0.15) is 0 Å². The van der Waals surface area contributed by atoms with E-state index in [9.17, 15) is 4.79 Å². The van der Waals surface area contributed by atoms with Crippen molar-refractivity contribution in [2.24, 2.45) is 0 Å². The van der Waals surface area contributed by atoms with Crippen LogP contribution < -0.4 is 0 Å². The molecule has 0 bridgehead atoms. The number of hydrogen-bond donors (Lipinski definition) is 0. The van der Waals surface area contributed by atoms with E-state index in [2.05, 4.69) is 29.0 Å². The van der Waals surface area contributed by atoms with Crippen molar-refractivity contribution in [3.8, 4) is 0 Å². The predicted octanol–water partition coefficient (Wildman–Crippen LogP) is 2.32. The molecule has 2 saturated heterocycles. The quantitative estimate of drug-likeness (QED) is 0.764. The van der Waals surface area contributed by atoms with Gasteiger partial charge in [0.15, 0.2) is 5.69 Å². The van der Waals surface area contributed by atoms with Crippen molar-refractivity contribution in [1.29, 1.82) is 0 Å². The summed E-state index contributed by atoms with van der Waals surface area (Å²) >= 11 is 6.54. The Morgan fingerprint density at radius 3 is 2.64 bits per heavy atom. The molecule has 0 radical (unpaired) electrons. The van der Waals surface area contributed by atoms with E-state index in [0.29, 0.717) is 22.8 Å². The summed E-state index contributed by atoms with van der Waals surface area (Å²) in [6.45, 7) is 8.56. The maximum absolute atomic E-state index is 12.9. The van der Waals surface area contributed by atoms with Crippen LogP contribution in [0.25, 0.3) is 0 Å².